The van der Waals surface area contributed by atoms with E-state index >= 15 is 0 Å². The highest BCUT2D eigenvalue weighted by Gasteiger charge is 2.27. The Hall–Kier alpha value is -2.89. The lowest BCUT2D eigenvalue weighted by Gasteiger charge is -2.15. The molecule has 33 heavy (non-hydrogen) atoms. The first-order chi connectivity index (χ1) is 16.1. The second-order valence-electron chi connectivity index (χ2n) is 7.81. The number of thiazole rings is 1. The molecule has 11 heteroatoms. The lowest BCUT2D eigenvalue weighted by atomic mass is 10.0. The largest absolute Gasteiger partial charge is 0.477 e. The summed E-state index contributed by atoms with van der Waals surface area (Å²) >= 11 is 1.27. The van der Waals surface area contributed by atoms with E-state index in [-0.39, 0.29) is 18.4 Å². The van der Waals surface area contributed by atoms with Gasteiger partial charge in [-0.3, -0.25) is 5.32 Å². The van der Waals surface area contributed by atoms with Crippen molar-refractivity contribution in [3.8, 4) is 5.88 Å². The number of urea groups is 1. The topological polar surface area (TPSA) is 115 Å². The van der Waals surface area contributed by atoms with Crippen LogP contribution in [-0.2, 0) is 14.3 Å². The van der Waals surface area contributed by atoms with Gasteiger partial charge in [-0.1, -0.05) is 11.3 Å². The maximum absolute atomic E-state index is 12.7. The number of carbonyl (C=O) groups excluding carboxylic acids is 2. The van der Waals surface area contributed by atoms with E-state index in [0.29, 0.717) is 60.2 Å². The summed E-state index contributed by atoms with van der Waals surface area (Å²) < 4.78 is 18.3. The fourth-order valence-corrected chi connectivity index (χ4v) is 4.42. The van der Waals surface area contributed by atoms with Crippen LogP contribution in [0, 0.1) is 5.92 Å². The molecule has 0 saturated carbocycles. The summed E-state index contributed by atoms with van der Waals surface area (Å²) in [4.78, 5) is 34.4. The average Bonchev–Trinajstić information content (AvgIpc) is 3.45. The maximum atomic E-state index is 12.7. The second-order valence-corrected chi connectivity index (χ2v) is 8.78. The van der Waals surface area contributed by atoms with Crippen molar-refractivity contribution in [3.05, 3.63) is 17.7 Å². The van der Waals surface area contributed by atoms with Crippen LogP contribution in [0.15, 0.2) is 12.1 Å². The Balaban J connectivity index is 1.65. The average molecular weight is 475 g/mol. The van der Waals surface area contributed by atoms with Crippen LogP contribution in [0.2, 0.25) is 0 Å². The number of ether oxygens (including phenoxy) is 3. The van der Waals surface area contributed by atoms with E-state index in [2.05, 4.69) is 15.6 Å². The summed E-state index contributed by atoms with van der Waals surface area (Å²) in [6.07, 6.45) is 4.85. The monoisotopic (exact) mass is 474 g/mol. The van der Waals surface area contributed by atoms with Crippen molar-refractivity contribution in [2.45, 2.75) is 19.8 Å². The van der Waals surface area contributed by atoms with Crippen LogP contribution in [0.5, 0.6) is 5.88 Å². The number of pyridine rings is 1. The first kappa shape index (κ1) is 23.3. The molecule has 2 aromatic rings. The van der Waals surface area contributed by atoms with Crippen molar-refractivity contribution in [2.24, 2.45) is 5.92 Å². The molecule has 2 aromatic heterocycles. The molecule has 0 radical (unpaired) electrons. The van der Waals surface area contributed by atoms with Crippen LogP contribution >= 0.6 is 11.3 Å². The number of allylic oxidation sites excluding steroid dienone is 1. The molecule has 1 atom stereocenters. The zero-order valence-electron chi connectivity index (χ0n) is 18.8. The molecule has 2 aliphatic rings. The molecule has 1 fully saturated rings. The summed E-state index contributed by atoms with van der Waals surface area (Å²) in [5.41, 5.74) is 2.17. The molecule has 4 rings (SSSR count). The van der Waals surface area contributed by atoms with Crippen molar-refractivity contribution in [1.82, 2.24) is 15.3 Å². The molecule has 0 aliphatic carbocycles. The Kier molecular flexibility index (Phi) is 7.63. The SMILES string of the molecule is CCNC(=O)Nc1nc2cc(C3=CC=[N+](CCOC)C(=O)C3)c(OCC3CCOC3)nc2s1. The van der Waals surface area contributed by atoms with Gasteiger partial charge >= 0.3 is 11.9 Å². The Morgan fingerprint density at radius 1 is 1.39 bits per heavy atom. The second kappa shape index (κ2) is 10.8. The van der Waals surface area contributed by atoms with E-state index in [1.165, 1.54) is 11.3 Å². The number of aromatic nitrogens is 2. The smallest absolute Gasteiger partial charge is 0.391 e. The highest BCUT2D eigenvalue weighted by Crippen LogP contribution is 2.34. The Labute approximate surface area is 195 Å². The van der Waals surface area contributed by atoms with Gasteiger partial charge in [-0.05, 0) is 25.0 Å². The third kappa shape index (κ3) is 5.73. The van der Waals surface area contributed by atoms with Crippen LogP contribution in [0.4, 0.5) is 9.93 Å². The quantitative estimate of drug-likeness (QED) is 0.536. The molecule has 4 heterocycles. The number of methoxy groups -OCH3 is 1. The van der Waals surface area contributed by atoms with Gasteiger partial charge in [-0.25, -0.2) is 19.6 Å². The molecule has 0 spiro atoms. The fraction of sp³-hybridized carbons (Fsp3) is 0.500. The fourth-order valence-electron chi connectivity index (χ4n) is 3.62. The highest BCUT2D eigenvalue weighted by atomic mass is 32.1. The minimum Gasteiger partial charge on any atom is -0.477 e. The van der Waals surface area contributed by atoms with Gasteiger partial charge in [0.1, 0.15) is 23.4 Å². The first-order valence-corrected chi connectivity index (χ1v) is 11.8. The number of fused-ring (bicyclic) bond motifs is 1. The molecule has 0 aromatic carbocycles. The van der Waals surface area contributed by atoms with E-state index in [1.807, 2.05) is 19.1 Å². The molecule has 1 saturated heterocycles. The molecule has 1 unspecified atom stereocenters. The third-order valence-corrected chi connectivity index (χ3v) is 6.27. The van der Waals surface area contributed by atoms with Crippen LogP contribution in [-0.4, -0.2) is 79.3 Å². The molecule has 2 aliphatic heterocycles. The highest BCUT2D eigenvalue weighted by molar-refractivity contribution is 7.21. The van der Waals surface area contributed by atoms with Gasteiger partial charge in [0.2, 0.25) is 5.88 Å². The number of amides is 3. The van der Waals surface area contributed by atoms with E-state index in [9.17, 15) is 9.59 Å². The lowest BCUT2D eigenvalue weighted by molar-refractivity contribution is -0.447. The number of nitrogens with one attached hydrogen (secondary N) is 2. The number of rotatable bonds is 9. The van der Waals surface area contributed by atoms with Crippen molar-refractivity contribution < 1.29 is 28.4 Å². The van der Waals surface area contributed by atoms with Crippen molar-refractivity contribution in [3.63, 3.8) is 0 Å². The van der Waals surface area contributed by atoms with E-state index in [0.717, 1.165) is 24.2 Å². The van der Waals surface area contributed by atoms with Gasteiger partial charge in [-0.15, -0.1) is 0 Å². The summed E-state index contributed by atoms with van der Waals surface area (Å²) in [5, 5.41) is 5.86. The zero-order chi connectivity index (χ0) is 23.2. The first-order valence-electron chi connectivity index (χ1n) is 11.0. The molecular formula is C22H28N5O5S+. The molecule has 3 amide bonds. The van der Waals surface area contributed by atoms with E-state index < -0.39 is 0 Å². The van der Waals surface area contributed by atoms with Crippen LogP contribution in [0.25, 0.3) is 15.9 Å². The van der Waals surface area contributed by atoms with Crippen LogP contribution < -0.4 is 15.4 Å². The summed E-state index contributed by atoms with van der Waals surface area (Å²) in [6.45, 7) is 5.23. The van der Waals surface area contributed by atoms with Gasteiger partial charge in [-0.2, -0.15) is 4.58 Å². The molecule has 2 N–H and O–H groups in total. The number of hydrogen-bond acceptors (Lipinski definition) is 8. The molecular weight excluding hydrogens is 446 g/mol. The zero-order valence-corrected chi connectivity index (χ0v) is 19.6. The van der Waals surface area contributed by atoms with Gasteiger partial charge in [0.15, 0.2) is 17.9 Å². The van der Waals surface area contributed by atoms with Gasteiger partial charge in [0, 0.05) is 37.8 Å². The van der Waals surface area contributed by atoms with Crippen LogP contribution in [0.3, 0.4) is 0 Å². The number of nitrogens with zero attached hydrogens (tertiary/aromatic N) is 3. The molecule has 10 nitrogen and oxygen atoms in total. The number of carbonyl (C=O) groups is 2. The number of anilines is 1. The van der Waals surface area contributed by atoms with Crippen LogP contribution in [0.1, 0.15) is 25.3 Å². The van der Waals surface area contributed by atoms with E-state index in [1.54, 1.807) is 17.9 Å². The third-order valence-electron chi connectivity index (χ3n) is 5.39. The summed E-state index contributed by atoms with van der Waals surface area (Å²) in [6, 6.07) is 1.56. The Morgan fingerprint density at radius 3 is 3.00 bits per heavy atom. The van der Waals surface area contributed by atoms with Gasteiger partial charge in [0.25, 0.3) is 0 Å². The van der Waals surface area contributed by atoms with Crippen molar-refractivity contribution >= 4 is 50.5 Å². The molecule has 176 valence electrons. The Bertz CT molecular complexity index is 1090. The van der Waals surface area contributed by atoms with Gasteiger partial charge < -0.3 is 19.5 Å². The number of hydrogen-bond donors (Lipinski definition) is 2. The maximum Gasteiger partial charge on any atom is 0.391 e. The normalized spacial score (nSPS) is 18.2. The molecule has 0 bridgehead atoms. The predicted molar refractivity (Wildman–Crippen MR) is 125 cm³/mol. The van der Waals surface area contributed by atoms with E-state index in [4.69, 9.17) is 19.2 Å². The van der Waals surface area contributed by atoms with Crippen molar-refractivity contribution in [2.75, 3.05) is 51.9 Å². The summed E-state index contributed by atoms with van der Waals surface area (Å²) in [5.74, 6) is 0.752. The minimum absolute atomic E-state index is 0.0170. The van der Waals surface area contributed by atoms with Gasteiger partial charge in [0.05, 0.1) is 13.2 Å². The summed E-state index contributed by atoms with van der Waals surface area (Å²) in [7, 11) is 1.61. The lowest BCUT2D eigenvalue weighted by Crippen LogP contribution is -2.28. The predicted octanol–water partition coefficient (Wildman–Crippen LogP) is 2.29. The van der Waals surface area contributed by atoms with Crippen molar-refractivity contribution in [1.29, 1.82) is 0 Å². The Morgan fingerprint density at radius 2 is 2.27 bits per heavy atom. The standard InChI is InChI=1S/C22H27N5O5S/c1-3-23-21(29)26-22-24-17-11-16(15-4-6-27(7-9-30-2)18(28)10-15)19(25-20(17)33-22)32-13-14-5-8-31-12-14/h4,6,11,14H,3,5,7-10,12-13H2,1-2H3,(H-,23,24,26,29)/p+1. The minimum atomic E-state index is -0.319.